The molecule has 1 amide bonds. The highest BCUT2D eigenvalue weighted by Crippen LogP contribution is 2.26. The van der Waals surface area contributed by atoms with Crippen molar-refractivity contribution in [3.8, 4) is 0 Å². The van der Waals surface area contributed by atoms with Crippen molar-refractivity contribution >= 4 is 45.0 Å². The van der Waals surface area contributed by atoms with E-state index in [1.54, 1.807) is 24.3 Å². The number of nitrogens with one attached hydrogen (secondary N) is 1. The number of carbonyl (C=O) groups excluding carboxylic acids is 1. The molecule has 0 saturated carbocycles. The third-order valence-corrected chi connectivity index (χ3v) is 7.88. The Balaban J connectivity index is 1.73. The first-order chi connectivity index (χ1) is 13.3. The molecule has 150 valence electrons. The summed E-state index contributed by atoms with van der Waals surface area (Å²) in [5, 5.41) is 3.14. The second-order valence-corrected chi connectivity index (χ2v) is 10.1. The third kappa shape index (κ3) is 4.71. The molecule has 1 heterocycles. The fraction of sp³-hybridized carbons (Fsp3) is 0.350. The topological polar surface area (TPSA) is 66.5 Å². The van der Waals surface area contributed by atoms with E-state index in [2.05, 4.69) is 12.2 Å². The number of carbonyl (C=O) groups is 1. The Hall–Kier alpha value is -1.54. The van der Waals surface area contributed by atoms with Crippen LogP contribution in [0.1, 0.15) is 30.1 Å². The quantitative estimate of drug-likeness (QED) is 0.685. The number of amides is 1. The van der Waals surface area contributed by atoms with Gasteiger partial charge >= 0.3 is 0 Å². The van der Waals surface area contributed by atoms with Crippen LogP contribution in [0.5, 0.6) is 0 Å². The largest absolute Gasteiger partial charge is 0.322 e. The molecule has 0 spiro atoms. The van der Waals surface area contributed by atoms with Crippen LogP contribution in [0.25, 0.3) is 0 Å². The summed E-state index contributed by atoms with van der Waals surface area (Å²) in [5.41, 5.74) is 0.898. The molecule has 1 saturated heterocycles. The van der Waals surface area contributed by atoms with Crippen molar-refractivity contribution in [2.45, 2.75) is 29.6 Å². The molecule has 8 heteroatoms. The summed E-state index contributed by atoms with van der Waals surface area (Å²) < 4.78 is 27.1. The predicted octanol–water partition coefficient (Wildman–Crippen LogP) is 4.73. The third-order valence-electron chi connectivity index (χ3n) is 4.91. The summed E-state index contributed by atoms with van der Waals surface area (Å²) >= 11 is 7.66. The minimum atomic E-state index is -3.50. The van der Waals surface area contributed by atoms with Crippen molar-refractivity contribution in [3.05, 3.63) is 53.1 Å². The molecule has 2 aromatic rings. The van der Waals surface area contributed by atoms with Gasteiger partial charge in [-0.1, -0.05) is 18.5 Å². The molecule has 0 radical (unpaired) electrons. The van der Waals surface area contributed by atoms with Crippen LogP contribution in [0.3, 0.4) is 0 Å². The van der Waals surface area contributed by atoms with Gasteiger partial charge in [-0.3, -0.25) is 4.79 Å². The Morgan fingerprint density at radius 2 is 1.79 bits per heavy atom. The molecule has 0 aromatic heterocycles. The summed E-state index contributed by atoms with van der Waals surface area (Å²) in [5.74, 6) is 0.224. The molecule has 0 bridgehead atoms. The van der Waals surface area contributed by atoms with Crippen LogP contribution in [0.4, 0.5) is 5.69 Å². The zero-order chi connectivity index (χ0) is 20.3. The molecule has 1 aliphatic rings. The zero-order valence-corrected chi connectivity index (χ0v) is 18.2. The Labute approximate surface area is 175 Å². The minimum Gasteiger partial charge on any atom is -0.322 e. The number of nitrogens with zero attached hydrogens (tertiary/aromatic N) is 1. The zero-order valence-electron chi connectivity index (χ0n) is 15.8. The molecule has 1 aliphatic heterocycles. The van der Waals surface area contributed by atoms with E-state index in [1.165, 1.54) is 28.2 Å². The van der Waals surface area contributed by atoms with Gasteiger partial charge in [0.1, 0.15) is 0 Å². The maximum atomic E-state index is 12.8. The highest BCUT2D eigenvalue weighted by atomic mass is 35.5. The molecular weight excluding hydrogens is 416 g/mol. The van der Waals surface area contributed by atoms with Crippen LogP contribution >= 0.6 is 23.4 Å². The van der Waals surface area contributed by atoms with Crippen molar-refractivity contribution in [2.75, 3.05) is 24.7 Å². The van der Waals surface area contributed by atoms with Gasteiger partial charge in [0.2, 0.25) is 10.0 Å². The van der Waals surface area contributed by atoms with Crippen LogP contribution in [0.2, 0.25) is 5.02 Å². The van der Waals surface area contributed by atoms with Crippen LogP contribution in [-0.2, 0) is 10.0 Å². The molecular formula is C20H23ClN2O3S2. The molecule has 2 aromatic carbocycles. The second kappa shape index (κ2) is 8.86. The Morgan fingerprint density at radius 1 is 1.14 bits per heavy atom. The smallest absolute Gasteiger partial charge is 0.257 e. The Morgan fingerprint density at radius 3 is 2.39 bits per heavy atom. The van der Waals surface area contributed by atoms with Gasteiger partial charge in [-0.25, -0.2) is 8.42 Å². The van der Waals surface area contributed by atoms with E-state index < -0.39 is 10.0 Å². The van der Waals surface area contributed by atoms with E-state index in [0.29, 0.717) is 35.3 Å². The van der Waals surface area contributed by atoms with E-state index in [0.717, 1.165) is 17.7 Å². The van der Waals surface area contributed by atoms with Gasteiger partial charge < -0.3 is 5.32 Å². The lowest BCUT2D eigenvalue weighted by Crippen LogP contribution is -2.37. The number of halogens is 1. The van der Waals surface area contributed by atoms with Gasteiger partial charge in [-0.05, 0) is 67.5 Å². The number of rotatable bonds is 5. The minimum absolute atomic E-state index is 0.238. The molecule has 28 heavy (non-hydrogen) atoms. The first kappa shape index (κ1) is 21.2. The number of piperidine rings is 1. The van der Waals surface area contributed by atoms with E-state index in [4.69, 9.17) is 11.6 Å². The van der Waals surface area contributed by atoms with Crippen molar-refractivity contribution in [1.29, 1.82) is 0 Å². The molecule has 0 atom stereocenters. The van der Waals surface area contributed by atoms with Crippen molar-refractivity contribution in [3.63, 3.8) is 0 Å². The SMILES string of the molecule is CSc1ccc(Cl)c(C(=O)Nc2ccc(S(=O)(=O)N3CCC(C)CC3)cc2)c1. The van der Waals surface area contributed by atoms with Crippen LogP contribution in [0.15, 0.2) is 52.3 Å². The van der Waals surface area contributed by atoms with Gasteiger partial charge in [-0.2, -0.15) is 4.31 Å². The van der Waals surface area contributed by atoms with Gasteiger partial charge in [0, 0.05) is 23.7 Å². The lowest BCUT2D eigenvalue weighted by atomic mass is 10.0. The van der Waals surface area contributed by atoms with E-state index in [-0.39, 0.29) is 10.8 Å². The highest BCUT2D eigenvalue weighted by Gasteiger charge is 2.28. The second-order valence-electron chi connectivity index (χ2n) is 6.91. The molecule has 3 rings (SSSR count). The lowest BCUT2D eigenvalue weighted by molar-refractivity contribution is 0.102. The Kier molecular flexibility index (Phi) is 6.70. The molecule has 5 nitrogen and oxygen atoms in total. The lowest BCUT2D eigenvalue weighted by Gasteiger charge is -2.29. The molecule has 0 aliphatic carbocycles. The van der Waals surface area contributed by atoms with Crippen LogP contribution < -0.4 is 5.32 Å². The van der Waals surface area contributed by atoms with Crippen molar-refractivity contribution in [1.82, 2.24) is 4.31 Å². The van der Waals surface area contributed by atoms with Crippen LogP contribution in [-0.4, -0.2) is 38.0 Å². The first-order valence-electron chi connectivity index (χ1n) is 9.06. The molecule has 0 unspecified atom stereocenters. The van der Waals surface area contributed by atoms with Gasteiger partial charge in [0.05, 0.1) is 15.5 Å². The normalized spacial score (nSPS) is 16.1. The summed E-state index contributed by atoms with van der Waals surface area (Å²) in [6.45, 7) is 3.24. The summed E-state index contributed by atoms with van der Waals surface area (Å²) in [4.78, 5) is 13.7. The highest BCUT2D eigenvalue weighted by molar-refractivity contribution is 7.98. The maximum absolute atomic E-state index is 12.8. The first-order valence-corrected chi connectivity index (χ1v) is 12.1. The summed E-state index contributed by atoms with van der Waals surface area (Å²) in [7, 11) is -3.50. The van der Waals surface area contributed by atoms with Crippen molar-refractivity contribution < 1.29 is 13.2 Å². The standard InChI is InChI=1S/C20H23ClN2O3S2/c1-14-9-11-23(12-10-14)28(25,26)17-6-3-15(4-7-17)22-20(24)18-13-16(27-2)5-8-19(18)21/h3-8,13-14H,9-12H2,1-2H3,(H,22,24). The van der Waals surface area contributed by atoms with E-state index in [9.17, 15) is 13.2 Å². The Bertz CT molecular complexity index is 954. The van der Waals surface area contributed by atoms with E-state index >= 15 is 0 Å². The average Bonchev–Trinajstić information content (AvgIpc) is 2.69. The summed E-state index contributed by atoms with van der Waals surface area (Å²) in [6, 6.07) is 11.5. The van der Waals surface area contributed by atoms with Gasteiger partial charge in [0.15, 0.2) is 0 Å². The predicted molar refractivity (Wildman–Crippen MR) is 115 cm³/mol. The summed E-state index contributed by atoms with van der Waals surface area (Å²) in [6.07, 6.45) is 3.68. The average molecular weight is 439 g/mol. The maximum Gasteiger partial charge on any atom is 0.257 e. The van der Waals surface area contributed by atoms with Gasteiger partial charge in [0.25, 0.3) is 5.91 Å². The number of hydrogen-bond donors (Lipinski definition) is 1. The fourth-order valence-electron chi connectivity index (χ4n) is 3.09. The number of benzene rings is 2. The van der Waals surface area contributed by atoms with E-state index in [1.807, 2.05) is 12.3 Å². The monoisotopic (exact) mass is 438 g/mol. The number of hydrogen-bond acceptors (Lipinski definition) is 4. The molecule has 1 N–H and O–H groups in total. The van der Waals surface area contributed by atoms with Gasteiger partial charge in [-0.15, -0.1) is 11.8 Å². The van der Waals surface area contributed by atoms with Crippen LogP contribution in [0, 0.1) is 5.92 Å². The molecule has 1 fully saturated rings. The number of anilines is 1. The number of thioether (sulfide) groups is 1. The number of sulfonamides is 1. The van der Waals surface area contributed by atoms with Crippen molar-refractivity contribution in [2.24, 2.45) is 5.92 Å². The fourth-order valence-corrected chi connectivity index (χ4v) is 5.20.